The standard InChI is InChI=1S/C9H9ClN2O/c1-2-11-12-9(13)7-5-3-4-6-8(7)10/h2-6H,1H3,(H,12,13)/b11-2+. The Morgan fingerprint density at radius 2 is 2.23 bits per heavy atom. The highest BCUT2D eigenvalue weighted by Gasteiger charge is 2.07. The van der Waals surface area contributed by atoms with Gasteiger partial charge in [-0.3, -0.25) is 4.79 Å². The van der Waals surface area contributed by atoms with Crippen LogP contribution in [0.1, 0.15) is 17.3 Å². The fraction of sp³-hybridized carbons (Fsp3) is 0.111. The van der Waals surface area contributed by atoms with Crippen molar-refractivity contribution in [1.82, 2.24) is 5.43 Å². The monoisotopic (exact) mass is 196 g/mol. The molecule has 0 saturated carbocycles. The Hall–Kier alpha value is -1.35. The van der Waals surface area contributed by atoms with Gasteiger partial charge in [0.2, 0.25) is 0 Å². The van der Waals surface area contributed by atoms with Gasteiger partial charge in [0.05, 0.1) is 10.6 Å². The second-order valence-corrected chi connectivity index (χ2v) is 2.72. The van der Waals surface area contributed by atoms with Crippen molar-refractivity contribution in [2.24, 2.45) is 5.10 Å². The van der Waals surface area contributed by atoms with Crippen molar-refractivity contribution in [2.45, 2.75) is 6.92 Å². The lowest BCUT2D eigenvalue weighted by atomic mass is 10.2. The lowest BCUT2D eigenvalue weighted by molar-refractivity contribution is 0.0955. The molecule has 13 heavy (non-hydrogen) atoms. The topological polar surface area (TPSA) is 41.5 Å². The highest BCUT2D eigenvalue weighted by molar-refractivity contribution is 6.33. The average molecular weight is 197 g/mol. The molecule has 0 aliphatic carbocycles. The molecule has 68 valence electrons. The van der Waals surface area contributed by atoms with Gasteiger partial charge in [0.1, 0.15) is 0 Å². The van der Waals surface area contributed by atoms with Gasteiger partial charge < -0.3 is 0 Å². The third-order valence-electron chi connectivity index (χ3n) is 1.41. The molecule has 0 aliphatic rings. The van der Waals surface area contributed by atoms with Crippen LogP contribution >= 0.6 is 11.6 Å². The molecule has 1 aromatic carbocycles. The van der Waals surface area contributed by atoms with Gasteiger partial charge in [-0.05, 0) is 19.1 Å². The third kappa shape index (κ3) is 2.56. The summed E-state index contributed by atoms with van der Waals surface area (Å²) in [5, 5.41) is 4.03. The molecule has 0 saturated heterocycles. The Kier molecular flexibility index (Phi) is 3.46. The van der Waals surface area contributed by atoms with Crippen LogP contribution in [-0.4, -0.2) is 12.1 Å². The molecule has 0 aromatic heterocycles. The van der Waals surface area contributed by atoms with Crippen LogP contribution in [0.4, 0.5) is 0 Å². The van der Waals surface area contributed by atoms with Crippen LogP contribution in [0.3, 0.4) is 0 Å². The first kappa shape index (κ1) is 9.74. The van der Waals surface area contributed by atoms with Gasteiger partial charge in [0, 0.05) is 6.21 Å². The van der Waals surface area contributed by atoms with E-state index in [2.05, 4.69) is 10.5 Å². The average Bonchev–Trinajstić information content (AvgIpc) is 2.15. The minimum atomic E-state index is -0.302. The molecule has 4 heteroatoms. The molecule has 0 bridgehead atoms. The number of halogens is 1. The lowest BCUT2D eigenvalue weighted by Gasteiger charge is -2.00. The van der Waals surface area contributed by atoms with E-state index in [9.17, 15) is 4.79 Å². The van der Waals surface area contributed by atoms with Gasteiger partial charge in [-0.2, -0.15) is 5.10 Å². The number of hydrogen-bond acceptors (Lipinski definition) is 2. The smallest absolute Gasteiger partial charge is 0.267 e. The first-order chi connectivity index (χ1) is 6.25. The van der Waals surface area contributed by atoms with Crippen molar-refractivity contribution in [3.63, 3.8) is 0 Å². The van der Waals surface area contributed by atoms with Crippen molar-refractivity contribution in [2.75, 3.05) is 0 Å². The van der Waals surface area contributed by atoms with E-state index in [-0.39, 0.29) is 5.91 Å². The van der Waals surface area contributed by atoms with Gasteiger partial charge in [-0.25, -0.2) is 5.43 Å². The van der Waals surface area contributed by atoms with Crippen LogP contribution in [0.15, 0.2) is 29.4 Å². The first-order valence-corrected chi connectivity index (χ1v) is 4.16. The number of amides is 1. The van der Waals surface area contributed by atoms with Crippen molar-refractivity contribution >= 4 is 23.7 Å². The highest BCUT2D eigenvalue weighted by atomic mass is 35.5. The van der Waals surface area contributed by atoms with E-state index in [0.717, 1.165) is 0 Å². The summed E-state index contributed by atoms with van der Waals surface area (Å²) in [5.74, 6) is -0.302. The zero-order chi connectivity index (χ0) is 9.68. The molecule has 1 N–H and O–H groups in total. The summed E-state index contributed by atoms with van der Waals surface area (Å²) in [7, 11) is 0. The maximum Gasteiger partial charge on any atom is 0.272 e. The maximum absolute atomic E-state index is 11.3. The molecule has 0 radical (unpaired) electrons. The number of nitrogens with zero attached hydrogens (tertiary/aromatic N) is 1. The molecule has 1 rings (SSSR count). The summed E-state index contributed by atoms with van der Waals surface area (Å²) in [4.78, 5) is 11.3. The molecule has 0 spiro atoms. The number of nitrogens with one attached hydrogen (secondary N) is 1. The lowest BCUT2D eigenvalue weighted by Crippen LogP contribution is -2.17. The zero-order valence-electron chi connectivity index (χ0n) is 7.12. The molecule has 0 heterocycles. The Morgan fingerprint density at radius 3 is 2.85 bits per heavy atom. The van der Waals surface area contributed by atoms with E-state index in [0.29, 0.717) is 10.6 Å². The Morgan fingerprint density at radius 1 is 1.54 bits per heavy atom. The van der Waals surface area contributed by atoms with Crippen molar-refractivity contribution in [1.29, 1.82) is 0 Å². The molecule has 0 unspecified atom stereocenters. The fourth-order valence-electron chi connectivity index (χ4n) is 0.829. The summed E-state index contributed by atoms with van der Waals surface area (Å²) in [6.07, 6.45) is 1.49. The molecule has 0 atom stereocenters. The largest absolute Gasteiger partial charge is 0.272 e. The van der Waals surface area contributed by atoms with E-state index >= 15 is 0 Å². The SMILES string of the molecule is C/C=N/NC(=O)c1ccccc1Cl. The van der Waals surface area contributed by atoms with Gasteiger partial charge in [-0.15, -0.1) is 0 Å². The van der Waals surface area contributed by atoms with Crippen LogP contribution in [0.2, 0.25) is 5.02 Å². The first-order valence-electron chi connectivity index (χ1n) is 3.78. The second kappa shape index (κ2) is 4.62. The third-order valence-corrected chi connectivity index (χ3v) is 1.74. The molecular formula is C9H9ClN2O. The van der Waals surface area contributed by atoms with E-state index in [4.69, 9.17) is 11.6 Å². The van der Waals surface area contributed by atoms with Crippen LogP contribution < -0.4 is 5.43 Å². The van der Waals surface area contributed by atoms with E-state index < -0.39 is 0 Å². The number of rotatable bonds is 2. The normalized spacial score (nSPS) is 10.3. The zero-order valence-corrected chi connectivity index (χ0v) is 7.88. The second-order valence-electron chi connectivity index (χ2n) is 2.31. The van der Waals surface area contributed by atoms with Crippen LogP contribution in [-0.2, 0) is 0 Å². The van der Waals surface area contributed by atoms with Gasteiger partial charge >= 0.3 is 0 Å². The van der Waals surface area contributed by atoms with Crippen LogP contribution in [0.25, 0.3) is 0 Å². The number of carbonyl (C=O) groups is 1. The molecule has 3 nitrogen and oxygen atoms in total. The predicted octanol–water partition coefficient (Wildman–Crippen LogP) is 2.08. The number of hydrazone groups is 1. The molecule has 1 aromatic rings. The van der Waals surface area contributed by atoms with Crippen LogP contribution in [0, 0.1) is 0 Å². The van der Waals surface area contributed by atoms with Gasteiger partial charge in [0.15, 0.2) is 0 Å². The number of carbonyl (C=O) groups excluding carboxylic acids is 1. The molecule has 0 fully saturated rings. The maximum atomic E-state index is 11.3. The minimum absolute atomic E-state index is 0.302. The van der Waals surface area contributed by atoms with Gasteiger partial charge in [-0.1, -0.05) is 23.7 Å². The van der Waals surface area contributed by atoms with E-state index in [1.165, 1.54) is 6.21 Å². The molecule has 1 amide bonds. The Bertz CT molecular complexity index is 336. The van der Waals surface area contributed by atoms with E-state index in [1.807, 2.05) is 0 Å². The quantitative estimate of drug-likeness (QED) is 0.571. The predicted molar refractivity (Wildman–Crippen MR) is 53.1 cm³/mol. The highest BCUT2D eigenvalue weighted by Crippen LogP contribution is 2.14. The number of benzene rings is 1. The van der Waals surface area contributed by atoms with Crippen molar-refractivity contribution in [3.05, 3.63) is 34.9 Å². The minimum Gasteiger partial charge on any atom is -0.267 e. The van der Waals surface area contributed by atoms with Gasteiger partial charge in [0.25, 0.3) is 5.91 Å². The van der Waals surface area contributed by atoms with Crippen LogP contribution in [0.5, 0.6) is 0 Å². The fourth-order valence-corrected chi connectivity index (χ4v) is 1.05. The molecule has 0 aliphatic heterocycles. The summed E-state index contributed by atoms with van der Waals surface area (Å²) in [6, 6.07) is 6.81. The summed E-state index contributed by atoms with van der Waals surface area (Å²) < 4.78 is 0. The summed E-state index contributed by atoms with van der Waals surface area (Å²) in [5.41, 5.74) is 2.76. The van der Waals surface area contributed by atoms with E-state index in [1.54, 1.807) is 31.2 Å². The Balaban J connectivity index is 2.83. The summed E-state index contributed by atoms with van der Waals surface area (Å²) >= 11 is 5.79. The summed E-state index contributed by atoms with van der Waals surface area (Å²) in [6.45, 7) is 1.72. The number of hydrogen-bond donors (Lipinski definition) is 1. The molecular weight excluding hydrogens is 188 g/mol. The van der Waals surface area contributed by atoms with Crippen molar-refractivity contribution in [3.8, 4) is 0 Å². The Labute approximate surface area is 81.4 Å². The van der Waals surface area contributed by atoms with Crippen molar-refractivity contribution < 1.29 is 4.79 Å².